The monoisotopic (exact) mass is 367 g/mol. The van der Waals surface area contributed by atoms with Crippen LogP contribution in [-0.2, 0) is 19.6 Å². The quantitative estimate of drug-likeness (QED) is 0.785. The molecule has 24 heavy (non-hydrogen) atoms. The molecule has 0 aliphatic carbocycles. The maximum Gasteiger partial charge on any atom is 0.411 e. The van der Waals surface area contributed by atoms with Crippen LogP contribution in [-0.4, -0.2) is 33.7 Å². The van der Waals surface area contributed by atoms with E-state index in [-0.39, 0.29) is 4.90 Å². The molecule has 0 unspecified atom stereocenters. The highest BCUT2D eigenvalue weighted by Crippen LogP contribution is 2.25. The molecular weight excluding hydrogens is 347 g/mol. The summed E-state index contributed by atoms with van der Waals surface area (Å²) in [5, 5.41) is 0. The summed E-state index contributed by atoms with van der Waals surface area (Å²) in [7, 11) is -4.11. The van der Waals surface area contributed by atoms with Crippen LogP contribution in [0.4, 0.5) is 13.2 Å². The van der Waals surface area contributed by atoms with Gasteiger partial charge in [-0.2, -0.15) is 13.2 Å². The summed E-state index contributed by atoms with van der Waals surface area (Å²) in [4.78, 5) is 11.7. The third-order valence-corrected chi connectivity index (χ3v) is 5.20. The standard InChI is InChI=1S/C15H20F3NO4S/c1-9-7-10(2)12(4)14(11(9)3)24(21,22)19-13(20)5-6-23-8-15(16,17)18/h7H,5-6,8H2,1-4H3,(H,19,20). The van der Waals surface area contributed by atoms with Crippen LogP contribution in [0.25, 0.3) is 0 Å². The van der Waals surface area contributed by atoms with Gasteiger partial charge in [0.1, 0.15) is 6.61 Å². The average molecular weight is 367 g/mol. The number of sulfonamides is 1. The predicted octanol–water partition coefficient (Wildman–Crippen LogP) is 2.69. The van der Waals surface area contributed by atoms with Gasteiger partial charge in [-0.25, -0.2) is 13.1 Å². The molecule has 0 bridgehead atoms. The third kappa shape index (κ3) is 5.48. The molecule has 0 aromatic heterocycles. The molecule has 9 heteroatoms. The van der Waals surface area contributed by atoms with Crippen molar-refractivity contribution in [2.75, 3.05) is 13.2 Å². The van der Waals surface area contributed by atoms with Gasteiger partial charge in [0.25, 0.3) is 10.0 Å². The molecule has 1 N–H and O–H groups in total. The summed E-state index contributed by atoms with van der Waals surface area (Å²) >= 11 is 0. The van der Waals surface area contributed by atoms with Gasteiger partial charge in [-0.05, 0) is 49.9 Å². The second-order valence-electron chi connectivity index (χ2n) is 5.54. The molecule has 136 valence electrons. The Hall–Kier alpha value is -1.61. The number of hydrogen-bond donors (Lipinski definition) is 1. The SMILES string of the molecule is Cc1cc(C)c(C)c(S(=O)(=O)NC(=O)CCOCC(F)(F)F)c1C. The van der Waals surface area contributed by atoms with Gasteiger partial charge < -0.3 is 4.74 Å². The van der Waals surface area contributed by atoms with E-state index < -0.39 is 41.7 Å². The number of carbonyl (C=O) groups is 1. The molecule has 0 aliphatic rings. The molecule has 0 aliphatic heterocycles. The fourth-order valence-corrected chi connectivity index (χ4v) is 3.82. The van der Waals surface area contributed by atoms with Crippen molar-refractivity contribution in [2.45, 2.75) is 45.2 Å². The summed E-state index contributed by atoms with van der Waals surface area (Å²) in [5.74, 6) is -0.921. The van der Waals surface area contributed by atoms with E-state index in [1.807, 2.05) is 10.8 Å². The first kappa shape index (κ1) is 20.4. The molecule has 1 aromatic carbocycles. The van der Waals surface area contributed by atoms with E-state index in [0.29, 0.717) is 11.1 Å². The van der Waals surface area contributed by atoms with Crippen LogP contribution in [0, 0.1) is 27.7 Å². The van der Waals surface area contributed by atoms with Crippen molar-refractivity contribution in [1.82, 2.24) is 4.72 Å². The molecule has 0 atom stereocenters. The van der Waals surface area contributed by atoms with Gasteiger partial charge in [-0.15, -0.1) is 0 Å². The summed E-state index contributed by atoms with van der Waals surface area (Å²) in [5.41, 5.74) is 2.57. The Morgan fingerprint density at radius 3 is 2.08 bits per heavy atom. The second kappa shape index (κ2) is 7.52. The van der Waals surface area contributed by atoms with Crippen molar-refractivity contribution in [2.24, 2.45) is 0 Å². The van der Waals surface area contributed by atoms with Gasteiger partial charge in [0, 0.05) is 0 Å². The number of alkyl halides is 3. The smallest absolute Gasteiger partial charge is 0.372 e. The number of amides is 1. The first-order valence-electron chi connectivity index (χ1n) is 7.12. The lowest BCUT2D eigenvalue weighted by molar-refractivity contribution is -0.174. The lowest BCUT2D eigenvalue weighted by Gasteiger charge is -2.16. The first-order valence-corrected chi connectivity index (χ1v) is 8.61. The Morgan fingerprint density at radius 2 is 1.62 bits per heavy atom. The fraction of sp³-hybridized carbons (Fsp3) is 0.533. The van der Waals surface area contributed by atoms with Crippen LogP contribution in [0.3, 0.4) is 0 Å². The normalized spacial score (nSPS) is 12.3. The molecule has 0 spiro atoms. The number of rotatable bonds is 6. The molecule has 0 heterocycles. The minimum atomic E-state index is -4.49. The number of benzene rings is 1. The highest BCUT2D eigenvalue weighted by Gasteiger charge is 2.28. The molecule has 5 nitrogen and oxygen atoms in total. The number of ether oxygens (including phenoxy) is 1. The van der Waals surface area contributed by atoms with E-state index >= 15 is 0 Å². The highest BCUT2D eigenvalue weighted by atomic mass is 32.2. The number of hydrogen-bond acceptors (Lipinski definition) is 4. The van der Waals surface area contributed by atoms with Crippen molar-refractivity contribution < 1.29 is 31.1 Å². The van der Waals surface area contributed by atoms with Crippen molar-refractivity contribution in [1.29, 1.82) is 0 Å². The minimum Gasteiger partial charge on any atom is -0.372 e. The van der Waals surface area contributed by atoms with E-state index in [1.54, 1.807) is 27.7 Å². The first-order chi connectivity index (χ1) is 10.8. The van der Waals surface area contributed by atoms with Gasteiger partial charge >= 0.3 is 6.18 Å². The number of aryl methyl sites for hydroxylation is 2. The molecule has 1 amide bonds. The number of carbonyl (C=O) groups excluding carboxylic acids is 1. The Kier molecular flexibility index (Phi) is 6.40. The van der Waals surface area contributed by atoms with Crippen LogP contribution in [0.1, 0.15) is 28.7 Å². The zero-order chi connectivity index (χ0) is 18.7. The summed E-state index contributed by atoms with van der Waals surface area (Å²) in [6, 6.07) is 1.84. The number of nitrogens with one attached hydrogen (secondary N) is 1. The number of halogens is 3. The molecule has 1 rings (SSSR count). The molecule has 0 saturated heterocycles. The zero-order valence-electron chi connectivity index (χ0n) is 13.9. The predicted molar refractivity (Wildman–Crippen MR) is 82.2 cm³/mol. The highest BCUT2D eigenvalue weighted by molar-refractivity contribution is 7.90. The van der Waals surface area contributed by atoms with E-state index in [0.717, 1.165) is 11.1 Å². The summed E-state index contributed by atoms with van der Waals surface area (Å²) in [6.07, 6.45) is -4.98. The largest absolute Gasteiger partial charge is 0.411 e. The van der Waals surface area contributed by atoms with Crippen LogP contribution in [0.2, 0.25) is 0 Å². The van der Waals surface area contributed by atoms with Gasteiger partial charge in [-0.3, -0.25) is 4.79 Å². The molecule has 0 fully saturated rings. The van der Waals surface area contributed by atoms with E-state index in [1.165, 1.54) is 0 Å². The van der Waals surface area contributed by atoms with Crippen LogP contribution in [0.5, 0.6) is 0 Å². The third-order valence-electron chi connectivity index (χ3n) is 3.55. The zero-order valence-corrected chi connectivity index (χ0v) is 14.7. The lowest BCUT2D eigenvalue weighted by Crippen LogP contribution is -2.32. The van der Waals surface area contributed by atoms with Gasteiger partial charge in [0.15, 0.2) is 0 Å². The minimum absolute atomic E-state index is 0.0181. The topological polar surface area (TPSA) is 72.5 Å². The summed E-state index contributed by atoms with van der Waals surface area (Å²) in [6.45, 7) is 4.77. The molecule has 0 saturated carbocycles. The summed E-state index contributed by atoms with van der Waals surface area (Å²) < 4.78 is 66.8. The Balaban J connectivity index is 2.83. The Morgan fingerprint density at radius 1 is 1.12 bits per heavy atom. The average Bonchev–Trinajstić information content (AvgIpc) is 2.40. The van der Waals surface area contributed by atoms with Crippen molar-refractivity contribution in [3.63, 3.8) is 0 Å². The van der Waals surface area contributed by atoms with Crippen LogP contribution in [0.15, 0.2) is 11.0 Å². The molecule has 1 aromatic rings. The maximum atomic E-state index is 12.4. The maximum absolute atomic E-state index is 12.4. The van der Waals surface area contributed by atoms with Crippen molar-refractivity contribution >= 4 is 15.9 Å². The van der Waals surface area contributed by atoms with Gasteiger partial charge in [-0.1, -0.05) is 6.07 Å². The fourth-order valence-electron chi connectivity index (χ4n) is 2.19. The van der Waals surface area contributed by atoms with Crippen LogP contribution >= 0.6 is 0 Å². The van der Waals surface area contributed by atoms with Crippen LogP contribution < -0.4 is 4.72 Å². The lowest BCUT2D eigenvalue weighted by atomic mass is 10.0. The Labute approximate surface area is 139 Å². The van der Waals surface area contributed by atoms with Gasteiger partial charge in [0.05, 0.1) is 17.9 Å². The van der Waals surface area contributed by atoms with Crippen molar-refractivity contribution in [3.8, 4) is 0 Å². The molecule has 0 radical (unpaired) electrons. The van der Waals surface area contributed by atoms with E-state index in [9.17, 15) is 26.4 Å². The van der Waals surface area contributed by atoms with E-state index in [4.69, 9.17) is 0 Å². The Bertz CT molecular complexity index is 701. The second-order valence-corrected chi connectivity index (χ2v) is 7.16. The van der Waals surface area contributed by atoms with E-state index in [2.05, 4.69) is 4.74 Å². The van der Waals surface area contributed by atoms with Crippen molar-refractivity contribution in [3.05, 3.63) is 28.3 Å². The molecular formula is C15H20F3NO4S. The van der Waals surface area contributed by atoms with Gasteiger partial charge in [0.2, 0.25) is 5.91 Å².